The summed E-state index contributed by atoms with van der Waals surface area (Å²) in [7, 11) is 1.19. The third kappa shape index (κ3) is 6.53. The number of hydrogen-bond donors (Lipinski definition) is 1. The highest BCUT2D eigenvalue weighted by atomic mass is 79.9. The molecule has 0 aliphatic carbocycles. The van der Waals surface area contributed by atoms with Crippen molar-refractivity contribution >= 4 is 62.7 Å². The molecule has 0 unspecified atom stereocenters. The first-order chi connectivity index (χ1) is 15.6. The molecule has 172 valence electrons. The Balaban J connectivity index is 1.86. The molecule has 0 atom stereocenters. The number of amides is 1. The average molecular weight is 578 g/mol. The van der Waals surface area contributed by atoms with Crippen molar-refractivity contribution in [2.24, 2.45) is 0 Å². The molecule has 1 heterocycles. The van der Waals surface area contributed by atoms with Crippen LogP contribution < -0.4 is 9.47 Å². The monoisotopic (exact) mass is 576 g/mol. The zero-order valence-corrected chi connectivity index (χ0v) is 20.5. The van der Waals surface area contributed by atoms with Crippen molar-refractivity contribution in [3.05, 3.63) is 70.7 Å². The van der Waals surface area contributed by atoms with Crippen LogP contribution in [0.15, 0.2) is 59.3 Å². The highest BCUT2D eigenvalue weighted by molar-refractivity contribution is 9.10. The number of carbonyl (C=O) groups is 1. The molecule has 0 bridgehead atoms. The minimum Gasteiger partial charge on any atom is -0.436 e. The predicted octanol–water partition coefficient (Wildman–Crippen LogP) is 6.50. The Morgan fingerprint density at radius 3 is 2.24 bits per heavy atom. The first-order valence-electron chi connectivity index (χ1n) is 8.89. The lowest BCUT2D eigenvalue weighted by molar-refractivity contribution is -0.118. The number of hydrogen-bond acceptors (Lipinski definition) is 7. The van der Waals surface area contributed by atoms with E-state index in [9.17, 15) is 13.6 Å². The van der Waals surface area contributed by atoms with Gasteiger partial charge in [-0.2, -0.15) is 18.7 Å². The lowest BCUT2D eigenvalue weighted by Crippen LogP contribution is -2.30. The van der Waals surface area contributed by atoms with Crippen molar-refractivity contribution in [3.8, 4) is 23.3 Å². The summed E-state index contributed by atoms with van der Waals surface area (Å²) in [5.74, 6) is -2.54. The van der Waals surface area contributed by atoms with Crippen molar-refractivity contribution in [2.45, 2.75) is 3.92 Å². The van der Waals surface area contributed by atoms with E-state index in [1.54, 1.807) is 30.3 Å². The van der Waals surface area contributed by atoms with E-state index >= 15 is 0 Å². The molecule has 1 amide bonds. The lowest BCUT2D eigenvalue weighted by Gasteiger charge is -2.20. The molecule has 0 saturated carbocycles. The van der Waals surface area contributed by atoms with Gasteiger partial charge in [-0.15, -0.1) is 0 Å². The first-order valence-corrected chi connectivity index (χ1v) is 11.2. The molecule has 3 aromatic rings. The number of likely N-dealkylation sites (N-methyl/N-ethyl adjacent to an activating group) is 1. The summed E-state index contributed by atoms with van der Waals surface area (Å²) in [5.41, 5.74) is -0.577. The standard InChI is InChI=1S/C20H13BrCl2F2N4O3S/c1-29(33-20(22,23)25)19(30)16(26)11-6-2-4-8-13(11)31-17-15(24)18(28-10-27-17)32-14-9-5-3-7-12(14)21/h2-10,26H,1H3. The summed E-state index contributed by atoms with van der Waals surface area (Å²) in [6.07, 6.45) is 1.04. The van der Waals surface area contributed by atoms with Crippen LogP contribution in [0.4, 0.5) is 8.78 Å². The van der Waals surface area contributed by atoms with Crippen LogP contribution in [0.5, 0.6) is 23.3 Å². The maximum atomic E-state index is 15.0. The van der Waals surface area contributed by atoms with Gasteiger partial charge in [0.2, 0.25) is 5.82 Å². The summed E-state index contributed by atoms with van der Waals surface area (Å²) < 4.78 is 38.0. The van der Waals surface area contributed by atoms with Gasteiger partial charge in [-0.25, -0.2) is 0 Å². The normalized spacial score (nSPS) is 11.1. The third-order valence-electron chi connectivity index (χ3n) is 3.87. The van der Waals surface area contributed by atoms with Gasteiger partial charge in [0.05, 0.1) is 4.47 Å². The quantitative estimate of drug-likeness (QED) is 0.187. The molecule has 0 aliphatic heterocycles. The summed E-state index contributed by atoms with van der Waals surface area (Å²) in [6.45, 7) is 0. The Hall–Kier alpha value is -2.47. The Labute approximate surface area is 209 Å². The van der Waals surface area contributed by atoms with Crippen molar-refractivity contribution < 1.29 is 23.0 Å². The summed E-state index contributed by atoms with van der Waals surface area (Å²) >= 11 is 14.0. The summed E-state index contributed by atoms with van der Waals surface area (Å²) in [4.78, 5) is 20.1. The fourth-order valence-electron chi connectivity index (χ4n) is 2.45. The maximum Gasteiger partial charge on any atom is 0.323 e. The second-order valence-corrected chi connectivity index (χ2v) is 9.97. The predicted molar refractivity (Wildman–Crippen MR) is 125 cm³/mol. The van der Waals surface area contributed by atoms with E-state index in [0.29, 0.717) is 10.2 Å². The minimum atomic E-state index is -2.77. The van der Waals surface area contributed by atoms with Gasteiger partial charge in [-0.05, 0) is 40.2 Å². The molecule has 33 heavy (non-hydrogen) atoms. The van der Waals surface area contributed by atoms with Crippen LogP contribution in [0, 0.1) is 11.2 Å². The Kier molecular flexibility index (Phi) is 8.11. The van der Waals surface area contributed by atoms with E-state index < -0.39 is 33.1 Å². The lowest BCUT2D eigenvalue weighted by atomic mass is 10.1. The molecule has 0 fully saturated rings. The number of nitrogens with zero attached hydrogens (tertiary/aromatic N) is 3. The Morgan fingerprint density at radius 1 is 1.09 bits per heavy atom. The topological polar surface area (TPSA) is 88.4 Å². The van der Waals surface area contributed by atoms with Gasteiger partial charge < -0.3 is 9.47 Å². The zero-order valence-electron chi connectivity index (χ0n) is 16.6. The van der Waals surface area contributed by atoms with E-state index in [2.05, 4.69) is 25.9 Å². The number of alkyl halides is 3. The molecule has 1 N–H and O–H groups in total. The molecule has 13 heteroatoms. The first kappa shape index (κ1) is 25.2. The number of rotatable bonds is 8. The molecule has 0 spiro atoms. The van der Waals surface area contributed by atoms with Crippen LogP contribution in [0.25, 0.3) is 0 Å². The highest BCUT2D eigenvalue weighted by Gasteiger charge is 2.31. The van der Waals surface area contributed by atoms with Gasteiger partial charge in [-0.3, -0.25) is 14.5 Å². The second-order valence-electron chi connectivity index (χ2n) is 6.14. The van der Waals surface area contributed by atoms with Crippen LogP contribution in [-0.4, -0.2) is 36.9 Å². The van der Waals surface area contributed by atoms with Gasteiger partial charge in [0.25, 0.3) is 17.7 Å². The van der Waals surface area contributed by atoms with Crippen molar-refractivity contribution in [3.63, 3.8) is 0 Å². The van der Waals surface area contributed by atoms with Gasteiger partial charge in [0, 0.05) is 24.6 Å². The number of para-hydroxylation sites is 2. The SMILES string of the molecule is CN(SC(F)(Cl)Cl)C(=O)C(=N)c1ccccc1Oc1ncnc(Oc2ccccc2Br)c1F. The summed E-state index contributed by atoms with van der Waals surface area (Å²) in [5, 5.41) is 8.20. The van der Waals surface area contributed by atoms with Crippen LogP contribution >= 0.6 is 51.1 Å². The van der Waals surface area contributed by atoms with Crippen LogP contribution in [-0.2, 0) is 4.79 Å². The fourth-order valence-corrected chi connectivity index (χ4v) is 3.92. The molecule has 7 nitrogen and oxygen atoms in total. The zero-order chi connectivity index (χ0) is 24.2. The number of carbonyl (C=O) groups excluding carboxylic acids is 1. The molecule has 0 aliphatic rings. The van der Waals surface area contributed by atoms with E-state index in [4.69, 9.17) is 38.1 Å². The maximum absolute atomic E-state index is 15.0. The van der Waals surface area contributed by atoms with Gasteiger partial charge >= 0.3 is 3.92 Å². The molecule has 1 aromatic heterocycles. The average Bonchev–Trinajstić information content (AvgIpc) is 2.76. The van der Waals surface area contributed by atoms with Crippen molar-refractivity contribution in [1.29, 1.82) is 5.41 Å². The van der Waals surface area contributed by atoms with Gasteiger partial charge in [0.1, 0.15) is 23.5 Å². The van der Waals surface area contributed by atoms with Gasteiger partial charge in [-0.1, -0.05) is 47.5 Å². The molecule has 2 aromatic carbocycles. The van der Waals surface area contributed by atoms with E-state index in [1.165, 1.54) is 25.2 Å². The molecular weight excluding hydrogens is 565 g/mol. The molecule has 0 radical (unpaired) electrons. The highest BCUT2D eigenvalue weighted by Crippen LogP contribution is 2.38. The van der Waals surface area contributed by atoms with E-state index in [0.717, 1.165) is 10.6 Å². The summed E-state index contributed by atoms with van der Waals surface area (Å²) in [6, 6.07) is 12.7. The van der Waals surface area contributed by atoms with Crippen LogP contribution in [0.2, 0.25) is 0 Å². The van der Waals surface area contributed by atoms with E-state index in [-0.39, 0.29) is 23.3 Å². The number of nitrogens with one attached hydrogen (secondary N) is 1. The Morgan fingerprint density at radius 2 is 1.64 bits per heavy atom. The van der Waals surface area contributed by atoms with Crippen molar-refractivity contribution in [1.82, 2.24) is 14.3 Å². The third-order valence-corrected chi connectivity index (χ3v) is 5.59. The van der Waals surface area contributed by atoms with Crippen LogP contribution in [0.1, 0.15) is 5.56 Å². The largest absolute Gasteiger partial charge is 0.436 e. The number of aromatic nitrogens is 2. The number of benzene rings is 2. The molecular formula is C20H13BrCl2F2N4O3S. The smallest absolute Gasteiger partial charge is 0.323 e. The van der Waals surface area contributed by atoms with Crippen molar-refractivity contribution in [2.75, 3.05) is 7.05 Å². The van der Waals surface area contributed by atoms with Gasteiger partial charge in [0.15, 0.2) is 0 Å². The number of halogens is 5. The van der Waals surface area contributed by atoms with E-state index in [1.807, 2.05) is 0 Å². The van der Waals surface area contributed by atoms with Crippen LogP contribution in [0.3, 0.4) is 0 Å². The molecule has 0 saturated heterocycles. The molecule has 3 rings (SSSR count). The Bertz CT molecular complexity index is 1200. The minimum absolute atomic E-state index is 0.00478. The fraction of sp³-hybridized carbons (Fsp3) is 0.100. The number of ether oxygens (including phenoxy) is 2. The second kappa shape index (κ2) is 10.6.